The Morgan fingerprint density at radius 3 is 2.74 bits per heavy atom. The van der Waals surface area contributed by atoms with E-state index in [2.05, 4.69) is 20.6 Å². The normalized spacial score (nSPS) is 10.7. The van der Waals surface area contributed by atoms with Crippen molar-refractivity contribution in [3.05, 3.63) is 78.1 Å². The maximum absolute atomic E-state index is 12.4. The minimum Gasteiger partial charge on any atom is -0.497 e. The van der Waals surface area contributed by atoms with E-state index in [9.17, 15) is 4.79 Å². The number of benzene rings is 2. The Morgan fingerprint density at radius 2 is 2.00 bits per heavy atom. The summed E-state index contributed by atoms with van der Waals surface area (Å²) in [6.07, 6.45) is 3.25. The Morgan fingerprint density at radius 1 is 1.15 bits per heavy atom. The smallest absolute Gasteiger partial charge is 0.255 e. The zero-order chi connectivity index (χ0) is 18.6. The summed E-state index contributed by atoms with van der Waals surface area (Å²) < 4.78 is 6.98. The van der Waals surface area contributed by atoms with Gasteiger partial charge in [0.05, 0.1) is 31.1 Å². The van der Waals surface area contributed by atoms with Crippen LogP contribution >= 0.6 is 0 Å². The fourth-order valence-corrected chi connectivity index (χ4v) is 2.77. The highest BCUT2D eigenvalue weighted by Crippen LogP contribution is 2.17. The molecule has 1 N–H and O–H groups in total. The van der Waals surface area contributed by atoms with E-state index in [1.165, 1.54) is 0 Å². The second kappa shape index (κ2) is 7.25. The average Bonchev–Trinajstić information content (AvgIpc) is 3.11. The van der Waals surface area contributed by atoms with Crippen molar-refractivity contribution >= 4 is 22.6 Å². The number of methoxy groups -OCH3 is 1. The van der Waals surface area contributed by atoms with Gasteiger partial charge in [0.2, 0.25) is 0 Å². The minimum atomic E-state index is -0.213. The first-order chi connectivity index (χ1) is 13.2. The van der Waals surface area contributed by atoms with Gasteiger partial charge in [-0.2, -0.15) is 0 Å². The summed E-state index contributed by atoms with van der Waals surface area (Å²) in [4.78, 5) is 16.4. The summed E-state index contributed by atoms with van der Waals surface area (Å²) in [6.45, 7) is 0.585. The molecule has 0 unspecified atom stereocenters. The molecule has 7 heteroatoms. The minimum absolute atomic E-state index is 0.213. The molecule has 0 atom stereocenters. The van der Waals surface area contributed by atoms with E-state index in [1.807, 2.05) is 30.3 Å². The first-order valence-electron chi connectivity index (χ1n) is 8.40. The van der Waals surface area contributed by atoms with Crippen LogP contribution in [-0.4, -0.2) is 33.0 Å². The Kier molecular flexibility index (Phi) is 4.49. The molecule has 0 fully saturated rings. The first-order valence-corrected chi connectivity index (χ1v) is 8.40. The molecule has 4 rings (SSSR count). The fourth-order valence-electron chi connectivity index (χ4n) is 2.77. The molecule has 0 spiro atoms. The van der Waals surface area contributed by atoms with Crippen LogP contribution in [0.1, 0.15) is 15.9 Å². The molecule has 0 saturated carbocycles. The lowest BCUT2D eigenvalue weighted by atomic mass is 10.1. The molecule has 2 aromatic carbocycles. The van der Waals surface area contributed by atoms with Crippen LogP contribution in [0.4, 0.5) is 5.69 Å². The summed E-state index contributed by atoms with van der Waals surface area (Å²) in [7, 11) is 1.64. The van der Waals surface area contributed by atoms with Crippen molar-refractivity contribution < 1.29 is 9.53 Å². The van der Waals surface area contributed by atoms with Gasteiger partial charge < -0.3 is 10.1 Å². The number of ether oxygens (including phenoxy) is 1. The van der Waals surface area contributed by atoms with Crippen LogP contribution in [0.15, 0.2) is 67.0 Å². The van der Waals surface area contributed by atoms with Gasteiger partial charge in [0, 0.05) is 11.8 Å². The third kappa shape index (κ3) is 3.62. The molecular weight excluding hydrogens is 342 g/mol. The molecule has 4 aromatic rings. The van der Waals surface area contributed by atoms with Gasteiger partial charge in [-0.25, -0.2) is 4.68 Å². The van der Waals surface area contributed by atoms with Crippen LogP contribution < -0.4 is 10.1 Å². The molecule has 0 saturated heterocycles. The lowest BCUT2D eigenvalue weighted by molar-refractivity contribution is 0.102. The summed E-state index contributed by atoms with van der Waals surface area (Å²) in [5.41, 5.74) is 3.78. The molecule has 7 nitrogen and oxygen atoms in total. The number of nitrogens with one attached hydrogen (secondary N) is 1. The number of rotatable bonds is 5. The molecule has 2 aromatic heterocycles. The van der Waals surface area contributed by atoms with E-state index >= 15 is 0 Å². The van der Waals surface area contributed by atoms with E-state index in [0.29, 0.717) is 23.3 Å². The Hall–Kier alpha value is -3.74. The number of fused-ring (bicyclic) bond motifs is 1. The van der Waals surface area contributed by atoms with Gasteiger partial charge in [-0.3, -0.25) is 9.78 Å². The SMILES string of the molecule is COc1ccc(Cn2nnc3cc(C(=O)Nc4cccnc4)ccc32)cc1. The van der Waals surface area contributed by atoms with Crippen molar-refractivity contribution in [2.45, 2.75) is 6.54 Å². The highest BCUT2D eigenvalue weighted by atomic mass is 16.5. The molecule has 0 aliphatic heterocycles. The number of carbonyl (C=O) groups is 1. The van der Waals surface area contributed by atoms with Gasteiger partial charge in [0.1, 0.15) is 11.3 Å². The van der Waals surface area contributed by atoms with Crippen LogP contribution in [0.25, 0.3) is 11.0 Å². The molecule has 0 aliphatic rings. The number of hydrogen-bond donors (Lipinski definition) is 1. The molecule has 0 aliphatic carbocycles. The fraction of sp³-hybridized carbons (Fsp3) is 0.100. The largest absolute Gasteiger partial charge is 0.497 e. The quantitative estimate of drug-likeness (QED) is 0.592. The number of anilines is 1. The Bertz CT molecular complexity index is 1070. The Labute approximate surface area is 155 Å². The van der Waals surface area contributed by atoms with E-state index in [0.717, 1.165) is 16.8 Å². The van der Waals surface area contributed by atoms with Crippen LogP contribution in [0.5, 0.6) is 5.75 Å². The van der Waals surface area contributed by atoms with E-state index in [1.54, 1.807) is 48.5 Å². The lowest BCUT2D eigenvalue weighted by Gasteiger charge is -2.06. The van der Waals surface area contributed by atoms with Crippen LogP contribution in [0.2, 0.25) is 0 Å². The maximum Gasteiger partial charge on any atom is 0.255 e. The molecule has 2 heterocycles. The summed E-state index contributed by atoms with van der Waals surface area (Å²) in [5.74, 6) is 0.598. The first kappa shape index (κ1) is 16.7. The third-order valence-corrected chi connectivity index (χ3v) is 4.19. The van der Waals surface area contributed by atoms with Gasteiger partial charge >= 0.3 is 0 Å². The monoisotopic (exact) mass is 359 g/mol. The summed E-state index contributed by atoms with van der Waals surface area (Å²) >= 11 is 0. The van der Waals surface area contributed by atoms with Crippen LogP contribution in [0.3, 0.4) is 0 Å². The van der Waals surface area contributed by atoms with Gasteiger partial charge in [-0.05, 0) is 48.0 Å². The molecule has 27 heavy (non-hydrogen) atoms. The van der Waals surface area contributed by atoms with Crippen LogP contribution in [-0.2, 0) is 6.54 Å². The zero-order valence-electron chi connectivity index (χ0n) is 14.7. The number of nitrogens with zero attached hydrogens (tertiary/aromatic N) is 4. The summed E-state index contributed by atoms with van der Waals surface area (Å²) in [6, 6.07) is 16.7. The van der Waals surface area contributed by atoms with Crippen molar-refractivity contribution in [3.8, 4) is 5.75 Å². The Balaban J connectivity index is 1.54. The molecule has 0 radical (unpaired) electrons. The third-order valence-electron chi connectivity index (χ3n) is 4.19. The van der Waals surface area contributed by atoms with E-state index < -0.39 is 0 Å². The predicted octanol–water partition coefficient (Wildman–Crippen LogP) is 3.14. The predicted molar refractivity (Wildman–Crippen MR) is 102 cm³/mol. The van der Waals surface area contributed by atoms with Gasteiger partial charge in [-0.1, -0.05) is 17.3 Å². The number of carbonyl (C=O) groups excluding carboxylic acids is 1. The van der Waals surface area contributed by atoms with E-state index in [-0.39, 0.29) is 5.91 Å². The van der Waals surface area contributed by atoms with Gasteiger partial charge in [0.15, 0.2) is 0 Å². The van der Waals surface area contributed by atoms with Crippen molar-refractivity contribution in [1.29, 1.82) is 0 Å². The van der Waals surface area contributed by atoms with Crippen molar-refractivity contribution in [1.82, 2.24) is 20.0 Å². The molecule has 1 amide bonds. The maximum atomic E-state index is 12.4. The number of pyridine rings is 1. The average molecular weight is 359 g/mol. The van der Waals surface area contributed by atoms with Crippen LogP contribution in [0, 0.1) is 0 Å². The number of hydrogen-bond acceptors (Lipinski definition) is 5. The van der Waals surface area contributed by atoms with E-state index in [4.69, 9.17) is 4.74 Å². The highest BCUT2D eigenvalue weighted by molar-refractivity contribution is 6.05. The van der Waals surface area contributed by atoms with Gasteiger partial charge in [0.25, 0.3) is 5.91 Å². The number of amides is 1. The zero-order valence-corrected chi connectivity index (χ0v) is 14.7. The lowest BCUT2D eigenvalue weighted by Crippen LogP contribution is -2.11. The van der Waals surface area contributed by atoms with Gasteiger partial charge in [-0.15, -0.1) is 5.10 Å². The topological polar surface area (TPSA) is 81.9 Å². The standard InChI is InChI=1S/C20H17N5O2/c1-27-17-7-4-14(5-8-17)13-25-19-9-6-15(11-18(19)23-24-25)20(26)22-16-3-2-10-21-12-16/h2-12H,13H2,1H3,(H,22,26). The molecule has 134 valence electrons. The van der Waals surface area contributed by atoms with Crippen molar-refractivity contribution in [2.75, 3.05) is 12.4 Å². The highest BCUT2D eigenvalue weighted by Gasteiger charge is 2.11. The van der Waals surface area contributed by atoms with Crippen molar-refractivity contribution in [2.24, 2.45) is 0 Å². The molecule has 0 bridgehead atoms. The second-order valence-corrected chi connectivity index (χ2v) is 5.99. The second-order valence-electron chi connectivity index (χ2n) is 5.99. The van der Waals surface area contributed by atoms with Crippen molar-refractivity contribution in [3.63, 3.8) is 0 Å². The summed E-state index contributed by atoms with van der Waals surface area (Å²) in [5, 5.41) is 11.2. The molecular formula is C20H17N5O2. The number of aromatic nitrogens is 4.